The van der Waals surface area contributed by atoms with Crippen LogP contribution in [-0.2, 0) is 0 Å². The molecule has 2 aromatic carbocycles. The summed E-state index contributed by atoms with van der Waals surface area (Å²) in [6.45, 7) is 0. The number of nitrogen functional groups attached to an aromatic ring is 1. The van der Waals surface area contributed by atoms with E-state index in [1.807, 2.05) is 24.3 Å². The van der Waals surface area contributed by atoms with Gasteiger partial charge in [0.05, 0.1) is 18.5 Å². The minimum Gasteiger partial charge on any atom is -0.497 e. The summed E-state index contributed by atoms with van der Waals surface area (Å²) in [5.74, 6) is 0.944. The molecule has 0 radical (unpaired) electrons. The summed E-state index contributed by atoms with van der Waals surface area (Å²) in [5.41, 5.74) is 8.34. The number of halogens is 1. The Kier molecular flexibility index (Phi) is 3.31. The van der Waals surface area contributed by atoms with E-state index in [9.17, 15) is 4.39 Å². The molecule has 0 aliphatic carbocycles. The molecule has 21 heavy (non-hydrogen) atoms. The first-order valence-corrected chi connectivity index (χ1v) is 6.43. The first-order valence-electron chi connectivity index (χ1n) is 6.43. The molecule has 1 heterocycles. The third kappa shape index (κ3) is 2.58. The van der Waals surface area contributed by atoms with Crippen LogP contribution < -0.4 is 10.5 Å². The number of hydrogen-bond donors (Lipinski definition) is 1. The summed E-state index contributed by atoms with van der Waals surface area (Å²) in [6, 6.07) is 15.4. The molecule has 0 bridgehead atoms. The van der Waals surface area contributed by atoms with Gasteiger partial charge in [-0.2, -0.15) is 5.10 Å². The number of methoxy groups -OCH3 is 1. The van der Waals surface area contributed by atoms with Crippen LogP contribution in [0.2, 0.25) is 0 Å². The lowest BCUT2D eigenvalue weighted by molar-refractivity contribution is 0.415. The van der Waals surface area contributed by atoms with Crippen molar-refractivity contribution in [1.82, 2.24) is 9.78 Å². The molecule has 5 heteroatoms. The normalized spacial score (nSPS) is 10.6. The maximum atomic E-state index is 13.0. The fraction of sp³-hybridized carbons (Fsp3) is 0.0625. The zero-order chi connectivity index (χ0) is 14.8. The number of anilines is 1. The molecule has 0 atom stereocenters. The molecule has 3 rings (SSSR count). The van der Waals surface area contributed by atoms with Gasteiger partial charge in [0.1, 0.15) is 17.4 Å². The van der Waals surface area contributed by atoms with Crippen LogP contribution in [0.4, 0.5) is 10.2 Å². The second kappa shape index (κ2) is 5.28. The highest BCUT2D eigenvalue weighted by Crippen LogP contribution is 2.25. The van der Waals surface area contributed by atoms with Gasteiger partial charge in [-0.05, 0) is 36.4 Å². The Balaban J connectivity index is 2.02. The zero-order valence-electron chi connectivity index (χ0n) is 11.5. The molecule has 106 valence electrons. The molecular weight excluding hydrogens is 269 g/mol. The molecule has 0 fully saturated rings. The average molecular weight is 283 g/mol. The van der Waals surface area contributed by atoms with Crippen LogP contribution in [0.3, 0.4) is 0 Å². The van der Waals surface area contributed by atoms with Crippen LogP contribution in [-0.4, -0.2) is 16.9 Å². The van der Waals surface area contributed by atoms with Gasteiger partial charge in [0.15, 0.2) is 0 Å². The number of nitrogens with zero attached hydrogens (tertiary/aromatic N) is 2. The van der Waals surface area contributed by atoms with Crippen LogP contribution in [0, 0.1) is 5.82 Å². The number of benzene rings is 2. The van der Waals surface area contributed by atoms with E-state index in [2.05, 4.69) is 5.10 Å². The third-order valence-electron chi connectivity index (χ3n) is 3.17. The zero-order valence-corrected chi connectivity index (χ0v) is 11.5. The van der Waals surface area contributed by atoms with Crippen LogP contribution >= 0.6 is 0 Å². The molecule has 3 aromatic rings. The molecule has 4 nitrogen and oxygen atoms in total. The van der Waals surface area contributed by atoms with E-state index in [0.717, 1.165) is 17.0 Å². The Morgan fingerprint density at radius 1 is 1.10 bits per heavy atom. The Bertz CT molecular complexity index is 765. The van der Waals surface area contributed by atoms with E-state index in [1.54, 1.807) is 30.0 Å². The first kappa shape index (κ1) is 13.2. The molecule has 0 aliphatic heterocycles. The van der Waals surface area contributed by atoms with Crippen LogP contribution in [0.5, 0.6) is 5.75 Å². The fourth-order valence-electron chi connectivity index (χ4n) is 2.11. The number of aromatic nitrogens is 2. The summed E-state index contributed by atoms with van der Waals surface area (Å²) in [7, 11) is 1.62. The number of nitrogens with two attached hydrogens (primary N) is 1. The van der Waals surface area contributed by atoms with Gasteiger partial charge in [0, 0.05) is 11.6 Å². The van der Waals surface area contributed by atoms with Crippen molar-refractivity contribution >= 4 is 5.82 Å². The molecule has 0 saturated heterocycles. The topological polar surface area (TPSA) is 53.1 Å². The summed E-state index contributed by atoms with van der Waals surface area (Å²) in [4.78, 5) is 0. The summed E-state index contributed by atoms with van der Waals surface area (Å²) < 4.78 is 19.8. The quantitative estimate of drug-likeness (QED) is 0.802. The van der Waals surface area contributed by atoms with Crippen molar-refractivity contribution in [3.8, 4) is 22.7 Å². The monoisotopic (exact) mass is 283 g/mol. The minimum absolute atomic E-state index is 0.294. The second-order valence-electron chi connectivity index (χ2n) is 4.57. The number of rotatable bonds is 3. The highest BCUT2D eigenvalue weighted by molar-refractivity contribution is 5.65. The molecule has 2 N–H and O–H groups in total. The Hall–Kier alpha value is -2.82. The van der Waals surface area contributed by atoms with Gasteiger partial charge in [0.2, 0.25) is 0 Å². The van der Waals surface area contributed by atoms with Gasteiger partial charge in [-0.1, -0.05) is 12.1 Å². The standard InChI is InChI=1S/C16H14FN3O/c1-21-14-4-2-3-11(9-14)15-10-16(18)20(19-15)13-7-5-12(17)6-8-13/h2-10H,18H2,1H3. The molecule has 0 saturated carbocycles. The van der Waals surface area contributed by atoms with E-state index >= 15 is 0 Å². The van der Waals surface area contributed by atoms with Crippen molar-refractivity contribution in [2.75, 3.05) is 12.8 Å². The lowest BCUT2D eigenvalue weighted by Gasteiger charge is -2.03. The molecule has 0 unspecified atom stereocenters. The summed E-state index contributed by atoms with van der Waals surface area (Å²) in [6.07, 6.45) is 0. The van der Waals surface area contributed by atoms with Crippen molar-refractivity contribution in [3.63, 3.8) is 0 Å². The SMILES string of the molecule is COc1cccc(-c2cc(N)n(-c3ccc(F)cc3)n2)c1. The van der Waals surface area contributed by atoms with Gasteiger partial charge in [-0.3, -0.25) is 0 Å². The van der Waals surface area contributed by atoms with E-state index in [4.69, 9.17) is 10.5 Å². The second-order valence-corrected chi connectivity index (χ2v) is 4.57. The molecule has 0 aliphatic rings. The molecular formula is C16H14FN3O. The van der Waals surface area contributed by atoms with Crippen molar-refractivity contribution < 1.29 is 9.13 Å². The predicted molar refractivity (Wildman–Crippen MR) is 79.9 cm³/mol. The highest BCUT2D eigenvalue weighted by Gasteiger charge is 2.09. The Labute approximate surface area is 121 Å². The number of hydrogen-bond acceptors (Lipinski definition) is 3. The van der Waals surface area contributed by atoms with E-state index in [-0.39, 0.29) is 5.82 Å². The molecule has 1 aromatic heterocycles. The van der Waals surface area contributed by atoms with Crippen molar-refractivity contribution in [2.45, 2.75) is 0 Å². The Morgan fingerprint density at radius 2 is 1.86 bits per heavy atom. The summed E-state index contributed by atoms with van der Waals surface area (Å²) in [5, 5.41) is 4.47. The van der Waals surface area contributed by atoms with Crippen LogP contribution in [0.25, 0.3) is 16.9 Å². The lowest BCUT2D eigenvalue weighted by Crippen LogP contribution is -2.01. The van der Waals surface area contributed by atoms with Crippen molar-refractivity contribution in [3.05, 3.63) is 60.4 Å². The number of ether oxygens (including phenoxy) is 1. The van der Waals surface area contributed by atoms with Gasteiger partial charge in [-0.25, -0.2) is 9.07 Å². The van der Waals surface area contributed by atoms with E-state index in [0.29, 0.717) is 11.5 Å². The molecule has 0 spiro atoms. The highest BCUT2D eigenvalue weighted by atomic mass is 19.1. The smallest absolute Gasteiger partial charge is 0.127 e. The van der Waals surface area contributed by atoms with E-state index in [1.165, 1.54) is 12.1 Å². The molecule has 0 amide bonds. The van der Waals surface area contributed by atoms with Crippen LogP contribution in [0.1, 0.15) is 0 Å². The lowest BCUT2D eigenvalue weighted by atomic mass is 10.1. The van der Waals surface area contributed by atoms with Crippen molar-refractivity contribution in [2.24, 2.45) is 0 Å². The van der Waals surface area contributed by atoms with E-state index < -0.39 is 0 Å². The maximum Gasteiger partial charge on any atom is 0.127 e. The predicted octanol–water partition coefficient (Wildman–Crippen LogP) is 3.27. The fourth-order valence-corrected chi connectivity index (χ4v) is 2.11. The summed E-state index contributed by atoms with van der Waals surface area (Å²) >= 11 is 0. The largest absolute Gasteiger partial charge is 0.497 e. The maximum absolute atomic E-state index is 13.0. The van der Waals surface area contributed by atoms with Crippen LogP contribution in [0.15, 0.2) is 54.6 Å². The Morgan fingerprint density at radius 3 is 2.57 bits per heavy atom. The van der Waals surface area contributed by atoms with Gasteiger partial charge < -0.3 is 10.5 Å². The minimum atomic E-state index is -0.294. The van der Waals surface area contributed by atoms with Gasteiger partial charge in [-0.15, -0.1) is 0 Å². The third-order valence-corrected chi connectivity index (χ3v) is 3.17. The average Bonchev–Trinajstić information content (AvgIpc) is 2.90. The van der Waals surface area contributed by atoms with Crippen molar-refractivity contribution in [1.29, 1.82) is 0 Å². The first-order chi connectivity index (χ1) is 10.2. The van der Waals surface area contributed by atoms with Gasteiger partial charge >= 0.3 is 0 Å². The van der Waals surface area contributed by atoms with Gasteiger partial charge in [0.25, 0.3) is 0 Å².